The maximum Gasteiger partial charge on any atom is 0.271 e. The Bertz CT molecular complexity index is 700. The van der Waals surface area contributed by atoms with Gasteiger partial charge in [0.05, 0.1) is 6.33 Å². The Hall–Kier alpha value is -2.64. The second-order valence-corrected chi connectivity index (χ2v) is 6.07. The minimum absolute atomic E-state index is 0.0163. The lowest BCUT2D eigenvalue weighted by Crippen LogP contribution is -2.27. The van der Waals surface area contributed by atoms with Crippen LogP contribution in [-0.4, -0.2) is 37.7 Å². The first-order valence-corrected chi connectivity index (χ1v) is 8.22. The number of carbonyl (C=O) groups excluding carboxylic acids is 2. The second kappa shape index (κ2) is 7.29. The van der Waals surface area contributed by atoms with Crippen LogP contribution in [0, 0.1) is 5.92 Å². The van der Waals surface area contributed by atoms with Crippen molar-refractivity contribution in [2.45, 2.75) is 32.2 Å². The van der Waals surface area contributed by atoms with Gasteiger partial charge in [-0.3, -0.25) is 14.3 Å². The molecule has 0 aliphatic heterocycles. The predicted molar refractivity (Wildman–Crippen MR) is 88.4 cm³/mol. The number of hydrogen-bond donors (Lipinski definition) is 2. The van der Waals surface area contributed by atoms with E-state index in [1.807, 2.05) is 10.8 Å². The number of aromatic nitrogens is 4. The molecule has 1 fully saturated rings. The molecule has 2 N–H and O–H groups in total. The quantitative estimate of drug-likeness (QED) is 0.831. The van der Waals surface area contributed by atoms with Crippen LogP contribution in [-0.2, 0) is 18.4 Å². The van der Waals surface area contributed by atoms with E-state index in [-0.39, 0.29) is 17.7 Å². The van der Waals surface area contributed by atoms with Crippen molar-refractivity contribution in [2.75, 3.05) is 11.9 Å². The molecule has 1 saturated carbocycles. The molecule has 3 rings (SSSR count). The van der Waals surface area contributed by atoms with Crippen molar-refractivity contribution < 1.29 is 9.59 Å². The van der Waals surface area contributed by atoms with Crippen molar-refractivity contribution in [1.29, 1.82) is 0 Å². The van der Waals surface area contributed by atoms with Gasteiger partial charge in [-0.2, -0.15) is 5.10 Å². The van der Waals surface area contributed by atoms with E-state index in [1.165, 1.54) is 4.68 Å². The third-order valence-electron chi connectivity index (χ3n) is 4.30. The monoisotopic (exact) mass is 330 g/mol. The maximum absolute atomic E-state index is 12.2. The first-order chi connectivity index (χ1) is 11.6. The summed E-state index contributed by atoms with van der Waals surface area (Å²) < 4.78 is 3.41. The number of imidazole rings is 1. The van der Waals surface area contributed by atoms with Crippen LogP contribution in [0.5, 0.6) is 0 Å². The maximum atomic E-state index is 12.2. The van der Waals surface area contributed by atoms with Crippen molar-refractivity contribution in [3.8, 4) is 0 Å². The zero-order chi connectivity index (χ0) is 16.9. The summed E-state index contributed by atoms with van der Waals surface area (Å²) in [7, 11) is 1.71. The van der Waals surface area contributed by atoms with Gasteiger partial charge in [-0.05, 0) is 12.8 Å². The molecule has 0 saturated heterocycles. The summed E-state index contributed by atoms with van der Waals surface area (Å²) in [6.45, 7) is 1.12. The van der Waals surface area contributed by atoms with Gasteiger partial charge in [0, 0.05) is 44.5 Å². The summed E-state index contributed by atoms with van der Waals surface area (Å²) in [6, 6.07) is 1.61. The molecule has 8 nitrogen and oxygen atoms in total. The first kappa shape index (κ1) is 16.2. The molecule has 128 valence electrons. The van der Waals surface area contributed by atoms with E-state index in [9.17, 15) is 9.59 Å². The molecular weight excluding hydrogens is 308 g/mol. The van der Waals surface area contributed by atoms with Gasteiger partial charge in [-0.25, -0.2) is 4.98 Å². The summed E-state index contributed by atoms with van der Waals surface area (Å²) in [5.74, 6) is 0.383. The molecule has 0 atom stereocenters. The minimum atomic E-state index is -0.257. The SMILES string of the molecule is Cn1nc(C(=O)NCCn2ccnc2)cc1NC(=O)C1CCCC1. The van der Waals surface area contributed by atoms with Crippen molar-refractivity contribution in [3.05, 3.63) is 30.5 Å². The average Bonchev–Trinajstić information content (AvgIpc) is 3.29. The van der Waals surface area contributed by atoms with E-state index in [1.54, 1.807) is 25.6 Å². The topological polar surface area (TPSA) is 93.8 Å². The Morgan fingerprint density at radius 1 is 1.33 bits per heavy atom. The molecule has 0 radical (unpaired) electrons. The molecule has 2 aromatic heterocycles. The molecule has 0 unspecified atom stereocenters. The molecular formula is C16H22N6O2. The largest absolute Gasteiger partial charge is 0.349 e. The van der Waals surface area contributed by atoms with Gasteiger partial charge in [0.15, 0.2) is 5.69 Å². The minimum Gasteiger partial charge on any atom is -0.349 e. The van der Waals surface area contributed by atoms with Crippen LogP contribution in [0.25, 0.3) is 0 Å². The Balaban J connectivity index is 1.54. The lowest BCUT2D eigenvalue weighted by molar-refractivity contribution is -0.119. The number of aryl methyl sites for hydroxylation is 1. The summed E-state index contributed by atoms with van der Waals surface area (Å²) >= 11 is 0. The zero-order valence-electron chi connectivity index (χ0n) is 13.7. The van der Waals surface area contributed by atoms with Crippen LogP contribution in [0.15, 0.2) is 24.8 Å². The molecule has 1 aliphatic rings. The van der Waals surface area contributed by atoms with Gasteiger partial charge in [0.25, 0.3) is 5.91 Å². The molecule has 0 aromatic carbocycles. The Morgan fingerprint density at radius 3 is 2.83 bits per heavy atom. The highest BCUT2D eigenvalue weighted by atomic mass is 16.2. The van der Waals surface area contributed by atoms with Crippen molar-refractivity contribution in [3.63, 3.8) is 0 Å². The lowest BCUT2D eigenvalue weighted by atomic mass is 10.1. The molecule has 2 heterocycles. The van der Waals surface area contributed by atoms with Gasteiger partial charge >= 0.3 is 0 Å². The highest BCUT2D eigenvalue weighted by Crippen LogP contribution is 2.26. The number of anilines is 1. The molecule has 2 amide bonds. The predicted octanol–water partition coefficient (Wildman–Crippen LogP) is 1.18. The summed E-state index contributed by atoms with van der Waals surface area (Å²) in [6.07, 6.45) is 9.31. The van der Waals surface area contributed by atoms with Gasteiger partial charge < -0.3 is 15.2 Å². The second-order valence-electron chi connectivity index (χ2n) is 6.07. The lowest BCUT2D eigenvalue weighted by Gasteiger charge is -2.09. The van der Waals surface area contributed by atoms with Crippen LogP contribution < -0.4 is 10.6 Å². The normalized spacial score (nSPS) is 14.7. The van der Waals surface area contributed by atoms with Gasteiger partial charge in [0.1, 0.15) is 5.82 Å². The van der Waals surface area contributed by atoms with E-state index < -0.39 is 0 Å². The van der Waals surface area contributed by atoms with Crippen LogP contribution in [0.2, 0.25) is 0 Å². The van der Waals surface area contributed by atoms with E-state index in [4.69, 9.17) is 0 Å². The molecule has 24 heavy (non-hydrogen) atoms. The van der Waals surface area contributed by atoms with Crippen molar-refractivity contribution in [2.24, 2.45) is 13.0 Å². The van der Waals surface area contributed by atoms with E-state index in [0.29, 0.717) is 24.6 Å². The van der Waals surface area contributed by atoms with Crippen LogP contribution in [0.4, 0.5) is 5.82 Å². The number of nitrogens with one attached hydrogen (secondary N) is 2. The summed E-state index contributed by atoms with van der Waals surface area (Å²) in [5, 5.41) is 9.86. The first-order valence-electron chi connectivity index (χ1n) is 8.22. The number of nitrogens with zero attached hydrogens (tertiary/aromatic N) is 4. The highest BCUT2D eigenvalue weighted by molar-refractivity contribution is 5.96. The average molecular weight is 330 g/mol. The zero-order valence-corrected chi connectivity index (χ0v) is 13.7. The molecule has 8 heteroatoms. The molecule has 0 bridgehead atoms. The number of amides is 2. The van der Waals surface area contributed by atoms with Crippen LogP contribution in [0.3, 0.4) is 0 Å². The third kappa shape index (κ3) is 3.81. The fourth-order valence-electron chi connectivity index (χ4n) is 2.92. The van der Waals surface area contributed by atoms with E-state index >= 15 is 0 Å². The number of rotatable bonds is 6. The van der Waals surface area contributed by atoms with Crippen LogP contribution >= 0.6 is 0 Å². The van der Waals surface area contributed by atoms with Crippen molar-refractivity contribution >= 4 is 17.6 Å². The Labute approximate surface area is 140 Å². The Morgan fingerprint density at radius 2 is 2.12 bits per heavy atom. The highest BCUT2D eigenvalue weighted by Gasteiger charge is 2.24. The standard InChI is InChI=1S/C16H22N6O2/c1-21-14(19-15(23)12-4-2-3-5-12)10-13(20-21)16(24)18-7-9-22-8-6-17-11-22/h6,8,10-12H,2-5,7,9H2,1H3,(H,18,24)(H,19,23). The number of hydrogen-bond acceptors (Lipinski definition) is 4. The molecule has 1 aliphatic carbocycles. The Kier molecular flexibility index (Phi) is 4.93. The van der Waals surface area contributed by atoms with Crippen molar-refractivity contribution in [1.82, 2.24) is 24.6 Å². The summed E-state index contributed by atoms with van der Waals surface area (Å²) in [5.41, 5.74) is 0.296. The fourth-order valence-corrected chi connectivity index (χ4v) is 2.92. The molecule has 2 aromatic rings. The van der Waals surface area contributed by atoms with E-state index in [0.717, 1.165) is 25.7 Å². The van der Waals surface area contributed by atoms with Gasteiger partial charge in [-0.15, -0.1) is 0 Å². The summed E-state index contributed by atoms with van der Waals surface area (Å²) in [4.78, 5) is 28.3. The smallest absolute Gasteiger partial charge is 0.271 e. The van der Waals surface area contributed by atoms with E-state index in [2.05, 4.69) is 20.7 Å². The van der Waals surface area contributed by atoms with Gasteiger partial charge in [0.2, 0.25) is 5.91 Å². The third-order valence-corrected chi connectivity index (χ3v) is 4.30. The number of carbonyl (C=O) groups is 2. The van der Waals surface area contributed by atoms with Gasteiger partial charge in [-0.1, -0.05) is 12.8 Å². The fraction of sp³-hybridized carbons (Fsp3) is 0.500. The van der Waals surface area contributed by atoms with Crippen LogP contribution in [0.1, 0.15) is 36.2 Å². The molecule has 0 spiro atoms.